The van der Waals surface area contributed by atoms with Gasteiger partial charge in [-0.15, -0.1) is 0 Å². The normalized spacial score (nSPS) is 14.8. The van der Waals surface area contributed by atoms with E-state index in [2.05, 4.69) is 55.2 Å². The number of ether oxygens (including phenoxy) is 5. The van der Waals surface area contributed by atoms with Gasteiger partial charge < -0.3 is 86.6 Å². The Bertz CT molecular complexity index is 3960. The molecule has 0 saturated carbocycles. The van der Waals surface area contributed by atoms with Crippen LogP contribution in [0.1, 0.15) is 105 Å². The van der Waals surface area contributed by atoms with E-state index in [1.165, 1.54) is 6.92 Å². The molecule has 2 unspecified atom stereocenters. The van der Waals surface area contributed by atoms with Crippen molar-refractivity contribution in [2.24, 2.45) is 17.4 Å². The molecule has 9 rings (SSSR count). The van der Waals surface area contributed by atoms with Crippen LogP contribution in [0.3, 0.4) is 0 Å². The third-order valence-corrected chi connectivity index (χ3v) is 17.7. The fourth-order valence-electron chi connectivity index (χ4n) is 12.3. The number of methoxy groups -OCH3 is 1. The maximum Gasteiger partial charge on any atom is 0.415 e. The lowest BCUT2D eigenvalue weighted by molar-refractivity contribution is -0.129. The van der Waals surface area contributed by atoms with Crippen molar-refractivity contribution in [3.05, 3.63) is 150 Å². The Morgan fingerprint density at radius 2 is 1.36 bits per heavy atom. The minimum absolute atomic E-state index is 0.0223. The maximum absolute atomic E-state index is 14.7. The smallest absolute Gasteiger partial charge is 0.415 e. The number of nitrogens with zero attached hydrogens (tertiary/aromatic N) is 2. The second-order valence-corrected chi connectivity index (χ2v) is 24.9. The number of carbonyl (C=O) groups excluding carboxylic acids is 7. The number of benzene rings is 6. The van der Waals surface area contributed by atoms with Gasteiger partial charge in [-0.3, -0.25) is 24.6 Å². The van der Waals surface area contributed by atoms with Gasteiger partial charge >= 0.3 is 18.2 Å². The average molecular weight is 1360 g/mol. The molecule has 25 heteroatoms. The number of alkyl carbamates (subject to hydrolysis) is 1. The van der Waals surface area contributed by atoms with E-state index in [4.69, 9.17) is 45.0 Å². The summed E-state index contributed by atoms with van der Waals surface area (Å²) in [7, 11) is 3.66. The van der Waals surface area contributed by atoms with Gasteiger partial charge in [-0.05, 0) is 171 Å². The molecule has 1 aromatic heterocycles. The third kappa shape index (κ3) is 21.6. The van der Waals surface area contributed by atoms with Crippen LogP contribution in [0.2, 0.25) is 0 Å². The van der Waals surface area contributed by atoms with Crippen LogP contribution in [-0.4, -0.2) is 150 Å². The van der Waals surface area contributed by atoms with Crippen molar-refractivity contribution < 1.29 is 61.7 Å². The Kier molecular flexibility index (Phi) is 27.2. The van der Waals surface area contributed by atoms with Crippen LogP contribution in [0.5, 0.6) is 23.0 Å². The van der Waals surface area contributed by atoms with Gasteiger partial charge in [-0.2, -0.15) is 0 Å². The van der Waals surface area contributed by atoms with Crippen molar-refractivity contribution in [3.63, 3.8) is 0 Å². The molecule has 0 aliphatic carbocycles. The molecular formula is C74H92N12O13. The van der Waals surface area contributed by atoms with Gasteiger partial charge in [0, 0.05) is 62.5 Å². The van der Waals surface area contributed by atoms with Crippen LogP contribution >= 0.6 is 0 Å². The number of hydrogen-bond acceptors (Lipinski definition) is 18. The number of nitrogen functional groups attached to an aromatic ring is 1. The summed E-state index contributed by atoms with van der Waals surface area (Å²) >= 11 is 0. The first-order chi connectivity index (χ1) is 48.0. The second kappa shape index (κ2) is 36.9. The average Bonchev–Trinajstić information content (AvgIpc) is 1.69. The fourth-order valence-corrected chi connectivity index (χ4v) is 12.3. The molecule has 0 spiro atoms. The molecule has 0 radical (unpaired) electrons. The summed E-state index contributed by atoms with van der Waals surface area (Å²) in [4.78, 5) is 97.4. The number of carbonyl (C=O) groups is 7. The fraction of sp³-hybridized carbons (Fsp3) is 0.405. The molecule has 12 N–H and O–H groups in total. The molecule has 1 saturated heterocycles. The number of nitrogens with one attached hydrogen (secondary N) is 8. The van der Waals surface area contributed by atoms with Gasteiger partial charge in [0.05, 0.1) is 31.8 Å². The first-order valence-corrected chi connectivity index (χ1v) is 34.0. The summed E-state index contributed by atoms with van der Waals surface area (Å²) < 4.78 is 35.9. The predicted octanol–water partition coefficient (Wildman–Crippen LogP) is 8.22. The standard InChI is InChI=1S/C74H92N12O13/c1-48(87)81-45-67(88)83-61(17-9-6-12-33-79-47-75)71(90)82-44-57-38-50(31-36-86(57)74(93)99-64-29-25-55-42-66(64)98-68-60-16-13-35-85(2)63(55)41-54(60)24-30-65(68)94-3)43-78-32-11-5-10-18-62(84-73(92)96-46-49-14-7-4-8-15-49)70(89)80-34-37-95-58-26-21-51(22-27-58)72(91)97-59-28-23-52-39-56(69(76)77)20-19-53(52)40-59/h4,7-8,14-15,19-30,39-42,50,57,61-62,78-79H,5-6,9-13,16-18,31-38,43-47,75H2,1-3H3,(H3,76,77)(H,80,89)(H,81,87)(H,82,90)(H,83,88)(H,84,92)/t50?,57?,61-,62+/m1/s1. The SMILES string of the molecule is COc1ccc2cc3c4ccc(OC(=O)N5CCC(CNCCCCC[C@H](NC(=O)OCc6ccccc6)C(=O)NCCOc6ccc(C(=O)Oc7ccc8cc(C(=N)N)ccc8c7)cc6)CC5CNC(=O)[C@@H](CCCCCNCN)NC(=O)CNC(C)=O)c(c4)oc1c2CCCN3C. The molecule has 99 heavy (non-hydrogen) atoms. The van der Waals surface area contributed by atoms with Gasteiger partial charge in [0.15, 0.2) is 22.7 Å². The van der Waals surface area contributed by atoms with E-state index >= 15 is 0 Å². The van der Waals surface area contributed by atoms with E-state index in [0.29, 0.717) is 111 Å². The summed E-state index contributed by atoms with van der Waals surface area (Å²) in [5.41, 5.74) is 15.8. The molecule has 6 amide bonds. The minimum Gasteiger partial charge on any atom is -0.493 e. The molecule has 6 bridgehead atoms. The van der Waals surface area contributed by atoms with Gasteiger partial charge in [-0.1, -0.05) is 80.3 Å². The molecule has 7 aromatic rings. The van der Waals surface area contributed by atoms with Crippen LogP contribution in [0.4, 0.5) is 15.3 Å². The van der Waals surface area contributed by atoms with E-state index in [1.54, 1.807) is 72.7 Å². The molecule has 526 valence electrons. The Balaban J connectivity index is 0.800. The number of amidine groups is 1. The first-order valence-electron chi connectivity index (χ1n) is 34.0. The van der Waals surface area contributed by atoms with Crippen molar-refractivity contribution in [2.45, 2.75) is 109 Å². The van der Waals surface area contributed by atoms with Crippen molar-refractivity contribution in [2.75, 3.05) is 84.7 Å². The molecule has 25 nitrogen and oxygen atoms in total. The second-order valence-electron chi connectivity index (χ2n) is 24.9. The van der Waals surface area contributed by atoms with Gasteiger partial charge in [0.2, 0.25) is 23.6 Å². The lowest BCUT2D eigenvalue weighted by Crippen LogP contribution is -2.55. The molecule has 1 fully saturated rings. The summed E-state index contributed by atoms with van der Waals surface area (Å²) in [6.45, 7) is 4.76. The highest BCUT2D eigenvalue weighted by atomic mass is 16.6. The zero-order chi connectivity index (χ0) is 70.0. The summed E-state index contributed by atoms with van der Waals surface area (Å²) in [6.07, 6.45) is 6.38. The molecule has 2 aliphatic heterocycles. The van der Waals surface area contributed by atoms with Crippen molar-refractivity contribution in [3.8, 4) is 23.0 Å². The van der Waals surface area contributed by atoms with Crippen LogP contribution in [0, 0.1) is 11.3 Å². The number of nitrogens with two attached hydrogens (primary N) is 2. The number of rotatable bonds is 34. The van der Waals surface area contributed by atoms with E-state index in [0.717, 1.165) is 83.4 Å². The number of aryl methyl sites for hydroxylation is 1. The number of likely N-dealkylation sites (tertiary alicyclic amines) is 1. The Morgan fingerprint density at radius 1 is 0.677 bits per heavy atom. The highest BCUT2D eigenvalue weighted by Gasteiger charge is 2.35. The molecule has 4 atom stereocenters. The van der Waals surface area contributed by atoms with E-state index in [9.17, 15) is 33.6 Å². The lowest BCUT2D eigenvalue weighted by atomic mass is 9.90. The predicted molar refractivity (Wildman–Crippen MR) is 379 cm³/mol. The van der Waals surface area contributed by atoms with Crippen LogP contribution < -0.4 is 72.5 Å². The molecular weight excluding hydrogens is 1260 g/mol. The van der Waals surface area contributed by atoms with E-state index in [-0.39, 0.29) is 56.3 Å². The van der Waals surface area contributed by atoms with E-state index < -0.39 is 54.0 Å². The number of esters is 1. The Hall–Kier alpha value is -10.2. The topological polar surface area (TPSA) is 345 Å². The highest BCUT2D eigenvalue weighted by molar-refractivity contribution is 6.00. The number of amides is 6. The van der Waals surface area contributed by atoms with Crippen molar-refractivity contribution >= 4 is 86.0 Å². The van der Waals surface area contributed by atoms with Crippen LogP contribution in [0.25, 0.3) is 32.7 Å². The zero-order valence-electron chi connectivity index (χ0n) is 56.6. The molecule has 6 aromatic carbocycles. The Labute approximate surface area is 576 Å². The monoisotopic (exact) mass is 1360 g/mol. The van der Waals surface area contributed by atoms with Crippen molar-refractivity contribution in [1.29, 1.82) is 5.41 Å². The quantitative estimate of drug-likeness (QED) is 0.00453. The minimum atomic E-state index is -0.909. The number of piperidine rings is 1. The first kappa shape index (κ1) is 73.0. The zero-order valence-corrected chi connectivity index (χ0v) is 56.6. The number of hydrogen-bond donors (Lipinski definition) is 10. The number of fused-ring (bicyclic) bond motifs is 5. The highest BCUT2D eigenvalue weighted by Crippen LogP contribution is 2.38. The summed E-state index contributed by atoms with van der Waals surface area (Å²) in [5.74, 6) is -0.642. The van der Waals surface area contributed by atoms with Crippen LogP contribution in [-0.2, 0) is 36.9 Å². The van der Waals surface area contributed by atoms with E-state index in [1.807, 2.05) is 60.7 Å². The summed E-state index contributed by atoms with van der Waals surface area (Å²) in [5, 5.41) is 32.0. The van der Waals surface area contributed by atoms with Gasteiger partial charge in [-0.25, -0.2) is 14.4 Å². The molecule has 3 heterocycles. The third-order valence-electron chi connectivity index (χ3n) is 17.7. The van der Waals surface area contributed by atoms with Crippen LogP contribution in [0.15, 0.2) is 132 Å². The maximum atomic E-state index is 14.7. The number of unbranched alkanes of at least 4 members (excludes halogenated alkanes) is 4. The molecule has 2 aliphatic rings. The lowest BCUT2D eigenvalue weighted by Gasteiger charge is -2.39. The van der Waals surface area contributed by atoms with Gasteiger partial charge in [0.25, 0.3) is 0 Å². The largest absolute Gasteiger partial charge is 0.493 e. The number of anilines is 1. The Morgan fingerprint density at radius 3 is 2.11 bits per heavy atom. The van der Waals surface area contributed by atoms with Crippen molar-refractivity contribution in [1.82, 2.24) is 42.1 Å². The van der Waals surface area contributed by atoms with Gasteiger partial charge in [0.1, 0.15) is 42.6 Å². The summed E-state index contributed by atoms with van der Waals surface area (Å²) in [6, 6.07) is 35.5.